The van der Waals surface area contributed by atoms with Gasteiger partial charge in [0.05, 0.1) is 0 Å². The van der Waals surface area contributed by atoms with Crippen molar-refractivity contribution >= 4 is 17.0 Å². The lowest BCUT2D eigenvalue weighted by Gasteiger charge is -1.96. The number of nitrogens with zero attached hydrogens (tertiary/aromatic N) is 1. The number of benzene rings is 1. The Balaban J connectivity index is 2.34. The summed E-state index contributed by atoms with van der Waals surface area (Å²) in [7, 11) is 0. The van der Waals surface area contributed by atoms with Gasteiger partial charge in [-0.2, -0.15) is 0 Å². The van der Waals surface area contributed by atoms with Crippen LogP contribution in [0.5, 0.6) is 0 Å². The number of nitrogens with two attached hydrogens (primary N) is 1. The second-order valence-corrected chi connectivity index (χ2v) is 4.22. The average Bonchev–Trinajstić information content (AvgIpc) is 2.67. The van der Waals surface area contributed by atoms with Crippen molar-refractivity contribution in [1.29, 1.82) is 0 Å². The minimum Gasteiger partial charge on any atom is -0.399 e. The number of hydrogen-bond acceptors (Lipinski definition) is 3. The van der Waals surface area contributed by atoms with E-state index >= 15 is 0 Å². The van der Waals surface area contributed by atoms with E-state index in [0.29, 0.717) is 0 Å². The van der Waals surface area contributed by atoms with Crippen LogP contribution in [-0.4, -0.2) is 4.98 Å². The van der Waals surface area contributed by atoms with Gasteiger partial charge in [0.1, 0.15) is 5.01 Å². The fourth-order valence-electron chi connectivity index (χ4n) is 1.23. The fraction of sp³-hybridized carbons (Fsp3) is 0.182. The van der Waals surface area contributed by atoms with Gasteiger partial charge >= 0.3 is 0 Å². The van der Waals surface area contributed by atoms with E-state index in [2.05, 4.69) is 11.9 Å². The molecule has 72 valence electrons. The highest BCUT2D eigenvalue weighted by Gasteiger charge is 2.02. The number of hydrogen-bond donors (Lipinski definition) is 1. The molecule has 0 spiro atoms. The molecule has 0 amide bonds. The quantitative estimate of drug-likeness (QED) is 0.764. The molecule has 2 nitrogen and oxygen atoms in total. The molecule has 0 atom stereocenters. The number of rotatable bonds is 2. The molecule has 0 aliphatic carbocycles. The second-order valence-electron chi connectivity index (χ2n) is 3.11. The number of thiazole rings is 1. The van der Waals surface area contributed by atoms with E-state index in [1.807, 2.05) is 30.5 Å². The van der Waals surface area contributed by atoms with E-state index in [4.69, 9.17) is 5.73 Å². The molecule has 2 aromatic rings. The van der Waals surface area contributed by atoms with Gasteiger partial charge in [0.25, 0.3) is 0 Å². The van der Waals surface area contributed by atoms with E-state index in [1.54, 1.807) is 11.3 Å². The lowest BCUT2D eigenvalue weighted by molar-refractivity contribution is 1.17. The molecule has 2 rings (SSSR count). The molecule has 1 heterocycles. The Morgan fingerprint density at radius 2 is 2.00 bits per heavy atom. The van der Waals surface area contributed by atoms with Crippen molar-refractivity contribution in [3.05, 3.63) is 35.3 Å². The topological polar surface area (TPSA) is 38.9 Å². The maximum Gasteiger partial charge on any atom is 0.123 e. The summed E-state index contributed by atoms with van der Waals surface area (Å²) in [6.45, 7) is 2.14. The summed E-state index contributed by atoms with van der Waals surface area (Å²) < 4.78 is 0. The summed E-state index contributed by atoms with van der Waals surface area (Å²) in [5.41, 5.74) is 7.55. The first-order valence-corrected chi connectivity index (χ1v) is 5.42. The number of anilines is 1. The molecule has 1 aromatic carbocycles. The second kappa shape index (κ2) is 3.80. The van der Waals surface area contributed by atoms with Crippen molar-refractivity contribution in [3.63, 3.8) is 0 Å². The summed E-state index contributed by atoms with van der Waals surface area (Å²) in [6, 6.07) is 7.83. The normalized spacial score (nSPS) is 10.4. The summed E-state index contributed by atoms with van der Waals surface area (Å²) in [5.74, 6) is 0. The van der Waals surface area contributed by atoms with E-state index in [9.17, 15) is 0 Å². The van der Waals surface area contributed by atoms with Gasteiger partial charge < -0.3 is 5.73 Å². The smallest absolute Gasteiger partial charge is 0.123 e. The zero-order valence-corrected chi connectivity index (χ0v) is 8.84. The van der Waals surface area contributed by atoms with E-state index in [0.717, 1.165) is 22.7 Å². The van der Waals surface area contributed by atoms with Gasteiger partial charge in [-0.3, -0.25) is 0 Å². The molecule has 0 fully saturated rings. The Labute approximate surface area is 87.4 Å². The lowest BCUT2D eigenvalue weighted by atomic mass is 10.2. The molecule has 14 heavy (non-hydrogen) atoms. The predicted octanol–water partition coefficient (Wildman–Crippen LogP) is 2.95. The highest BCUT2D eigenvalue weighted by Crippen LogP contribution is 2.25. The summed E-state index contributed by atoms with van der Waals surface area (Å²) in [6.07, 6.45) is 2.99. The molecule has 0 bridgehead atoms. The first kappa shape index (κ1) is 9.21. The molecular weight excluding hydrogens is 192 g/mol. The first-order chi connectivity index (χ1) is 6.79. The highest BCUT2D eigenvalue weighted by molar-refractivity contribution is 7.15. The van der Waals surface area contributed by atoms with Gasteiger partial charge in [0.15, 0.2) is 0 Å². The Morgan fingerprint density at radius 3 is 2.57 bits per heavy atom. The van der Waals surface area contributed by atoms with Crippen LogP contribution in [-0.2, 0) is 6.42 Å². The zero-order valence-electron chi connectivity index (χ0n) is 8.03. The largest absolute Gasteiger partial charge is 0.399 e. The van der Waals surface area contributed by atoms with Crippen LogP contribution >= 0.6 is 11.3 Å². The van der Waals surface area contributed by atoms with Crippen LogP contribution in [0.15, 0.2) is 30.5 Å². The number of nitrogen functional groups attached to an aromatic ring is 1. The molecule has 2 N–H and O–H groups in total. The molecule has 1 aromatic heterocycles. The maximum atomic E-state index is 5.62. The average molecular weight is 204 g/mol. The van der Waals surface area contributed by atoms with Crippen molar-refractivity contribution in [2.24, 2.45) is 0 Å². The Morgan fingerprint density at radius 1 is 1.29 bits per heavy atom. The molecule has 0 unspecified atom stereocenters. The van der Waals surface area contributed by atoms with Crippen LogP contribution < -0.4 is 5.73 Å². The molecule has 0 saturated carbocycles. The van der Waals surface area contributed by atoms with Crippen LogP contribution in [0.25, 0.3) is 10.6 Å². The molecule has 3 heteroatoms. The standard InChI is InChI=1S/C11H12N2S/c1-2-10-7-13-11(14-10)8-3-5-9(12)6-4-8/h3-7H,2,12H2,1H3. The number of aromatic nitrogens is 1. The molecule has 0 saturated heterocycles. The van der Waals surface area contributed by atoms with E-state index < -0.39 is 0 Å². The van der Waals surface area contributed by atoms with E-state index in [1.165, 1.54) is 4.88 Å². The molecule has 0 radical (unpaired) electrons. The van der Waals surface area contributed by atoms with Crippen molar-refractivity contribution < 1.29 is 0 Å². The van der Waals surface area contributed by atoms with Gasteiger partial charge in [-0.15, -0.1) is 11.3 Å². The Hall–Kier alpha value is -1.35. The summed E-state index contributed by atoms with van der Waals surface area (Å²) in [5, 5.41) is 1.07. The molecule has 0 aliphatic rings. The fourth-order valence-corrected chi connectivity index (χ4v) is 2.09. The third-order valence-corrected chi connectivity index (χ3v) is 3.25. The van der Waals surface area contributed by atoms with E-state index in [-0.39, 0.29) is 0 Å². The van der Waals surface area contributed by atoms with Crippen LogP contribution in [0.3, 0.4) is 0 Å². The predicted molar refractivity (Wildman–Crippen MR) is 61.3 cm³/mol. The summed E-state index contributed by atoms with van der Waals surface area (Å²) >= 11 is 1.74. The number of aryl methyl sites for hydroxylation is 1. The van der Waals surface area contributed by atoms with Crippen molar-refractivity contribution in [2.45, 2.75) is 13.3 Å². The summed E-state index contributed by atoms with van der Waals surface area (Å²) in [4.78, 5) is 5.68. The third-order valence-electron chi connectivity index (χ3n) is 2.06. The third kappa shape index (κ3) is 1.77. The van der Waals surface area contributed by atoms with Gasteiger partial charge in [-0.05, 0) is 30.7 Å². The van der Waals surface area contributed by atoms with Gasteiger partial charge in [-0.25, -0.2) is 4.98 Å². The first-order valence-electron chi connectivity index (χ1n) is 4.60. The lowest BCUT2D eigenvalue weighted by Crippen LogP contribution is -1.82. The molecular formula is C11H12N2S. The maximum absolute atomic E-state index is 5.62. The van der Waals surface area contributed by atoms with Gasteiger partial charge in [0, 0.05) is 22.3 Å². The van der Waals surface area contributed by atoms with Crippen LogP contribution in [0, 0.1) is 0 Å². The van der Waals surface area contributed by atoms with Crippen LogP contribution in [0.4, 0.5) is 5.69 Å². The Kier molecular flexibility index (Phi) is 2.50. The van der Waals surface area contributed by atoms with Crippen molar-refractivity contribution in [2.75, 3.05) is 5.73 Å². The van der Waals surface area contributed by atoms with Crippen molar-refractivity contribution in [1.82, 2.24) is 4.98 Å². The minimum atomic E-state index is 0.793. The minimum absolute atomic E-state index is 0.793. The van der Waals surface area contributed by atoms with Crippen LogP contribution in [0.2, 0.25) is 0 Å². The van der Waals surface area contributed by atoms with Crippen molar-refractivity contribution in [3.8, 4) is 10.6 Å². The highest BCUT2D eigenvalue weighted by atomic mass is 32.1. The SMILES string of the molecule is CCc1cnc(-c2ccc(N)cc2)s1. The molecule has 0 aliphatic heterocycles. The van der Waals surface area contributed by atoms with Gasteiger partial charge in [-0.1, -0.05) is 6.92 Å². The van der Waals surface area contributed by atoms with Gasteiger partial charge in [0.2, 0.25) is 0 Å². The monoisotopic (exact) mass is 204 g/mol. The zero-order chi connectivity index (χ0) is 9.97. The van der Waals surface area contributed by atoms with Crippen LogP contribution in [0.1, 0.15) is 11.8 Å². The Bertz CT molecular complexity index is 417.